The summed E-state index contributed by atoms with van der Waals surface area (Å²) in [4.78, 5) is 29.0. The van der Waals surface area contributed by atoms with Crippen molar-refractivity contribution in [1.29, 1.82) is 0 Å². The molecule has 0 fully saturated rings. The predicted molar refractivity (Wildman–Crippen MR) is 157 cm³/mol. The number of aryl methyl sites for hydroxylation is 1. The number of para-hydroxylation sites is 1. The molecule has 2 amide bonds. The summed E-state index contributed by atoms with van der Waals surface area (Å²) >= 11 is 6.24. The van der Waals surface area contributed by atoms with Crippen molar-refractivity contribution >= 4 is 39.1 Å². The Kier molecular flexibility index (Phi) is 10.9. The number of sulfonamides is 1. The van der Waals surface area contributed by atoms with Gasteiger partial charge in [0.15, 0.2) is 0 Å². The maximum absolute atomic E-state index is 14.1. The largest absolute Gasteiger partial charge is 0.354 e. The van der Waals surface area contributed by atoms with Crippen molar-refractivity contribution in [2.45, 2.75) is 45.7 Å². The van der Waals surface area contributed by atoms with Crippen LogP contribution in [0.4, 0.5) is 5.69 Å². The molecule has 0 aliphatic carbocycles. The summed E-state index contributed by atoms with van der Waals surface area (Å²) in [5.41, 5.74) is 2.87. The van der Waals surface area contributed by atoms with Crippen molar-refractivity contribution in [3.8, 4) is 0 Å². The maximum Gasteiger partial charge on any atom is 0.244 e. The van der Waals surface area contributed by atoms with Crippen LogP contribution in [0.15, 0.2) is 78.9 Å². The van der Waals surface area contributed by atoms with E-state index in [4.69, 9.17) is 11.6 Å². The number of hydrogen-bond acceptors (Lipinski definition) is 4. The van der Waals surface area contributed by atoms with Gasteiger partial charge in [0.2, 0.25) is 21.8 Å². The van der Waals surface area contributed by atoms with Crippen molar-refractivity contribution in [3.63, 3.8) is 0 Å². The molecule has 1 unspecified atom stereocenters. The lowest BCUT2D eigenvalue weighted by molar-refractivity contribution is -0.140. The molecule has 3 aromatic carbocycles. The molecule has 208 valence electrons. The minimum Gasteiger partial charge on any atom is -0.354 e. The molecule has 3 rings (SSSR count). The zero-order valence-corrected chi connectivity index (χ0v) is 24.2. The van der Waals surface area contributed by atoms with E-state index in [1.54, 1.807) is 30.3 Å². The Bertz CT molecular complexity index is 1370. The maximum atomic E-state index is 14.1. The number of hydrogen-bond donors (Lipinski definition) is 1. The number of carbonyl (C=O) groups excluding carboxylic acids is 2. The Hall–Kier alpha value is -3.36. The van der Waals surface area contributed by atoms with Crippen molar-refractivity contribution in [3.05, 3.63) is 101 Å². The van der Waals surface area contributed by atoms with Crippen molar-refractivity contribution in [2.24, 2.45) is 0 Å². The first-order valence-electron chi connectivity index (χ1n) is 13.0. The highest BCUT2D eigenvalue weighted by Crippen LogP contribution is 2.25. The van der Waals surface area contributed by atoms with Crippen molar-refractivity contribution < 1.29 is 18.0 Å². The van der Waals surface area contributed by atoms with E-state index in [1.807, 2.05) is 62.4 Å². The molecule has 0 saturated heterocycles. The summed E-state index contributed by atoms with van der Waals surface area (Å²) in [7, 11) is -3.81. The summed E-state index contributed by atoms with van der Waals surface area (Å²) < 4.78 is 27.0. The van der Waals surface area contributed by atoms with Crippen LogP contribution in [0.3, 0.4) is 0 Å². The highest BCUT2D eigenvalue weighted by Gasteiger charge is 2.33. The van der Waals surface area contributed by atoms with E-state index >= 15 is 0 Å². The van der Waals surface area contributed by atoms with Gasteiger partial charge in [-0.1, -0.05) is 86.1 Å². The van der Waals surface area contributed by atoms with Gasteiger partial charge in [0, 0.05) is 24.5 Å². The van der Waals surface area contributed by atoms with Crippen LogP contribution >= 0.6 is 11.6 Å². The first-order valence-corrected chi connectivity index (χ1v) is 15.3. The normalized spacial score (nSPS) is 12.0. The average Bonchev–Trinajstić information content (AvgIpc) is 2.92. The lowest BCUT2D eigenvalue weighted by Crippen LogP contribution is -2.53. The average molecular weight is 570 g/mol. The van der Waals surface area contributed by atoms with E-state index in [1.165, 1.54) is 4.90 Å². The number of halogens is 1. The number of nitrogens with one attached hydrogen (secondary N) is 1. The number of nitrogens with zero attached hydrogens (tertiary/aromatic N) is 2. The van der Waals surface area contributed by atoms with Crippen LogP contribution in [0.5, 0.6) is 0 Å². The van der Waals surface area contributed by atoms with E-state index in [0.717, 1.165) is 33.7 Å². The summed E-state index contributed by atoms with van der Waals surface area (Å²) in [5.74, 6) is -0.783. The van der Waals surface area contributed by atoms with Crippen LogP contribution in [0.1, 0.15) is 37.0 Å². The first-order chi connectivity index (χ1) is 18.6. The molecule has 0 heterocycles. The third-order valence-corrected chi connectivity index (χ3v) is 7.74. The molecule has 0 spiro atoms. The van der Waals surface area contributed by atoms with Crippen LogP contribution in [-0.2, 0) is 39.0 Å². The van der Waals surface area contributed by atoms with Gasteiger partial charge in [-0.2, -0.15) is 0 Å². The fraction of sp³-hybridized carbons (Fsp3) is 0.333. The standard InChI is InChI=1S/C30H36ClN3O4S/c1-4-18-32-30(36)28(20-23-12-7-6-8-13-23)33(21-24-14-11-16-26(31)19-24)29(35)22-34(39(3,37)38)27-17-10-9-15-25(27)5-2/h6-17,19,28H,4-5,18,20-22H2,1-3H3,(H,32,36). The molecular weight excluding hydrogens is 534 g/mol. The molecule has 0 aliphatic heterocycles. The molecule has 7 nitrogen and oxygen atoms in total. The molecule has 3 aromatic rings. The van der Waals surface area contributed by atoms with E-state index in [-0.39, 0.29) is 18.9 Å². The lowest BCUT2D eigenvalue weighted by atomic mass is 10.0. The Balaban J connectivity index is 2.06. The SMILES string of the molecule is CCCNC(=O)C(Cc1ccccc1)N(Cc1cccc(Cl)c1)C(=O)CN(c1ccccc1CC)S(C)(=O)=O. The monoisotopic (exact) mass is 569 g/mol. The predicted octanol–water partition coefficient (Wildman–Crippen LogP) is 4.83. The van der Waals surface area contributed by atoms with Crippen molar-refractivity contribution in [2.75, 3.05) is 23.7 Å². The molecule has 0 saturated carbocycles. The molecule has 1 N–H and O–H groups in total. The zero-order chi connectivity index (χ0) is 28.4. The van der Waals surface area contributed by atoms with Gasteiger partial charge in [-0.25, -0.2) is 8.42 Å². The molecule has 0 aromatic heterocycles. The van der Waals surface area contributed by atoms with E-state index in [0.29, 0.717) is 23.7 Å². The number of amides is 2. The second-order valence-corrected chi connectivity index (χ2v) is 11.7. The van der Waals surface area contributed by atoms with Crippen LogP contribution in [-0.4, -0.2) is 50.5 Å². The summed E-state index contributed by atoms with van der Waals surface area (Å²) in [6.45, 7) is 3.99. The van der Waals surface area contributed by atoms with Gasteiger partial charge in [0.25, 0.3) is 0 Å². The van der Waals surface area contributed by atoms with Crippen LogP contribution in [0.25, 0.3) is 0 Å². The third kappa shape index (κ3) is 8.57. The second-order valence-electron chi connectivity index (χ2n) is 9.40. The van der Waals surface area contributed by atoms with Crippen molar-refractivity contribution in [1.82, 2.24) is 10.2 Å². The topological polar surface area (TPSA) is 86.8 Å². The second kappa shape index (κ2) is 14.1. The van der Waals surface area contributed by atoms with Gasteiger partial charge >= 0.3 is 0 Å². The molecule has 9 heteroatoms. The smallest absolute Gasteiger partial charge is 0.244 e. The Morgan fingerprint density at radius 1 is 0.923 bits per heavy atom. The Morgan fingerprint density at radius 2 is 1.59 bits per heavy atom. The molecule has 0 radical (unpaired) electrons. The number of rotatable bonds is 13. The van der Waals surface area contributed by atoms with Crippen LogP contribution in [0, 0.1) is 0 Å². The Labute approximate surface area is 236 Å². The number of benzene rings is 3. The first kappa shape index (κ1) is 30.2. The Morgan fingerprint density at radius 3 is 2.23 bits per heavy atom. The minimum absolute atomic E-state index is 0.0868. The van der Waals surface area contributed by atoms with Gasteiger partial charge < -0.3 is 10.2 Å². The van der Waals surface area contributed by atoms with Gasteiger partial charge in [0.05, 0.1) is 11.9 Å². The van der Waals surface area contributed by atoms with E-state index in [2.05, 4.69) is 5.32 Å². The highest BCUT2D eigenvalue weighted by molar-refractivity contribution is 7.92. The minimum atomic E-state index is -3.81. The molecule has 1 atom stereocenters. The van der Waals surface area contributed by atoms with E-state index < -0.39 is 28.5 Å². The van der Waals surface area contributed by atoms with Gasteiger partial charge in [-0.3, -0.25) is 13.9 Å². The number of carbonyl (C=O) groups is 2. The van der Waals surface area contributed by atoms with Gasteiger partial charge in [-0.15, -0.1) is 0 Å². The van der Waals surface area contributed by atoms with Gasteiger partial charge in [0.1, 0.15) is 12.6 Å². The zero-order valence-electron chi connectivity index (χ0n) is 22.6. The van der Waals surface area contributed by atoms with Crippen LogP contribution < -0.4 is 9.62 Å². The highest BCUT2D eigenvalue weighted by atomic mass is 35.5. The molecule has 0 bridgehead atoms. The summed E-state index contributed by atoms with van der Waals surface area (Å²) in [6, 6.07) is 22.8. The fourth-order valence-corrected chi connectivity index (χ4v) is 5.49. The summed E-state index contributed by atoms with van der Waals surface area (Å²) in [5, 5.41) is 3.43. The molecule has 39 heavy (non-hydrogen) atoms. The number of anilines is 1. The molecule has 0 aliphatic rings. The fourth-order valence-electron chi connectivity index (χ4n) is 4.40. The summed E-state index contributed by atoms with van der Waals surface area (Å²) in [6.07, 6.45) is 2.69. The lowest BCUT2D eigenvalue weighted by Gasteiger charge is -2.34. The molecular formula is C30H36ClN3O4S. The van der Waals surface area contributed by atoms with Crippen LogP contribution in [0.2, 0.25) is 5.02 Å². The van der Waals surface area contributed by atoms with E-state index in [9.17, 15) is 18.0 Å². The third-order valence-electron chi connectivity index (χ3n) is 6.38. The quantitative estimate of drug-likeness (QED) is 0.319. The van der Waals surface area contributed by atoms with Gasteiger partial charge in [-0.05, 0) is 47.7 Å².